The Hall–Kier alpha value is -3.48. The monoisotopic (exact) mass is 478 g/mol. The highest BCUT2D eigenvalue weighted by Crippen LogP contribution is 2.45. The lowest BCUT2D eigenvalue weighted by molar-refractivity contribution is -0.182. The third-order valence-corrected chi connectivity index (χ3v) is 7.02. The van der Waals surface area contributed by atoms with E-state index in [0.29, 0.717) is 61.4 Å². The van der Waals surface area contributed by atoms with E-state index < -0.39 is 22.8 Å². The zero-order valence-electron chi connectivity index (χ0n) is 19.3. The highest BCUT2D eigenvalue weighted by molar-refractivity contribution is 5.98. The summed E-state index contributed by atoms with van der Waals surface area (Å²) in [5.74, 6) is -2.21. The Bertz CT molecular complexity index is 1300. The minimum Gasteiger partial charge on any atom is -0.348 e. The molecular formula is C26H24F2N4O3. The molecule has 7 nitrogen and oxygen atoms in total. The van der Waals surface area contributed by atoms with Crippen molar-refractivity contribution in [2.75, 3.05) is 13.2 Å². The minimum atomic E-state index is -0.763. The molecular weight excluding hydrogens is 454 g/mol. The highest BCUT2D eigenvalue weighted by Gasteiger charge is 2.48. The molecule has 2 aliphatic rings. The fourth-order valence-corrected chi connectivity index (χ4v) is 4.94. The molecule has 1 aliphatic carbocycles. The molecule has 1 saturated heterocycles. The van der Waals surface area contributed by atoms with Gasteiger partial charge in [0, 0.05) is 31.5 Å². The molecule has 5 rings (SSSR count). The zero-order chi connectivity index (χ0) is 24.6. The third kappa shape index (κ3) is 4.24. The number of benzene rings is 1. The van der Waals surface area contributed by atoms with Gasteiger partial charge < -0.3 is 9.47 Å². The van der Waals surface area contributed by atoms with Crippen LogP contribution in [0.15, 0.2) is 42.7 Å². The number of rotatable bonds is 5. The number of Topliss-reactive ketones (excluding diaryl/α,β-unsaturated/α-hetero) is 1. The molecule has 0 unspecified atom stereocenters. The topological polar surface area (TPSA) is 90.0 Å². The van der Waals surface area contributed by atoms with Gasteiger partial charge in [-0.15, -0.1) is 0 Å². The lowest BCUT2D eigenvalue weighted by Gasteiger charge is -2.39. The predicted molar refractivity (Wildman–Crippen MR) is 121 cm³/mol. The lowest BCUT2D eigenvalue weighted by atomic mass is 9.70. The molecule has 180 valence electrons. The van der Waals surface area contributed by atoms with Crippen LogP contribution >= 0.6 is 0 Å². The van der Waals surface area contributed by atoms with Crippen LogP contribution in [0.5, 0.6) is 0 Å². The van der Waals surface area contributed by atoms with Crippen LogP contribution in [0.25, 0.3) is 5.69 Å². The van der Waals surface area contributed by atoms with Gasteiger partial charge in [0.2, 0.25) is 0 Å². The van der Waals surface area contributed by atoms with Crippen molar-refractivity contribution in [1.82, 2.24) is 14.8 Å². The summed E-state index contributed by atoms with van der Waals surface area (Å²) in [7, 11) is 0. The fraction of sp³-hybridized carbons (Fsp3) is 0.385. The number of carbonyl (C=O) groups excluding carboxylic acids is 1. The summed E-state index contributed by atoms with van der Waals surface area (Å²) < 4.78 is 40.3. The van der Waals surface area contributed by atoms with E-state index in [4.69, 9.17) is 9.47 Å². The maximum Gasteiger partial charge on any atom is 0.170 e. The Balaban J connectivity index is 1.30. The number of halogens is 2. The molecule has 1 spiro atoms. The maximum atomic E-state index is 14.2. The van der Waals surface area contributed by atoms with E-state index in [1.807, 2.05) is 12.1 Å². The van der Waals surface area contributed by atoms with Crippen molar-refractivity contribution >= 4 is 5.78 Å². The van der Waals surface area contributed by atoms with Crippen molar-refractivity contribution in [3.63, 3.8) is 0 Å². The van der Waals surface area contributed by atoms with Crippen LogP contribution in [-0.2, 0) is 21.3 Å². The summed E-state index contributed by atoms with van der Waals surface area (Å²) in [4.78, 5) is 17.5. The summed E-state index contributed by atoms with van der Waals surface area (Å²) in [6.45, 7) is 2.82. The summed E-state index contributed by atoms with van der Waals surface area (Å²) >= 11 is 0. The fourth-order valence-electron chi connectivity index (χ4n) is 4.94. The largest absolute Gasteiger partial charge is 0.348 e. The molecule has 0 bridgehead atoms. The van der Waals surface area contributed by atoms with E-state index >= 15 is 0 Å². The molecule has 0 radical (unpaired) electrons. The Morgan fingerprint density at radius 1 is 1.11 bits per heavy atom. The summed E-state index contributed by atoms with van der Waals surface area (Å²) in [6, 6.07) is 9.28. The van der Waals surface area contributed by atoms with Crippen LogP contribution in [0.2, 0.25) is 0 Å². The molecule has 2 fully saturated rings. The van der Waals surface area contributed by atoms with Gasteiger partial charge in [-0.2, -0.15) is 10.4 Å². The van der Waals surface area contributed by atoms with Crippen molar-refractivity contribution in [3.05, 3.63) is 76.9 Å². The highest BCUT2D eigenvalue weighted by atomic mass is 19.1. The first-order chi connectivity index (χ1) is 16.8. The Kier molecular flexibility index (Phi) is 5.95. The first-order valence-corrected chi connectivity index (χ1v) is 11.5. The predicted octanol–water partition coefficient (Wildman–Crippen LogP) is 4.36. The quantitative estimate of drug-likeness (QED) is 0.507. The molecule has 3 aromatic rings. The zero-order valence-corrected chi connectivity index (χ0v) is 19.3. The van der Waals surface area contributed by atoms with Gasteiger partial charge in [-0.3, -0.25) is 9.78 Å². The van der Waals surface area contributed by atoms with Crippen LogP contribution in [0.1, 0.15) is 53.0 Å². The molecule has 0 N–H and O–H groups in total. The second-order valence-electron chi connectivity index (χ2n) is 9.10. The first-order valence-electron chi connectivity index (χ1n) is 11.5. The number of hydrogen-bond acceptors (Lipinski definition) is 6. The van der Waals surface area contributed by atoms with Gasteiger partial charge in [-0.1, -0.05) is 6.07 Å². The average Bonchev–Trinajstić information content (AvgIpc) is 3.47. The molecule has 1 saturated carbocycles. The van der Waals surface area contributed by atoms with E-state index in [1.165, 1.54) is 16.9 Å². The summed E-state index contributed by atoms with van der Waals surface area (Å²) in [6.07, 6.45) is 5.55. The standard InChI is InChI=1S/C26H24F2N4O3/c1-17-20(15-31-32(17)22-4-3-19(27)13-21(22)28)23(33)12-18-2-5-24(30-14-18)25(16-29)6-8-26(9-7-25)34-10-11-35-26/h2-5,13-15H,6-12H2,1H3. The van der Waals surface area contributed by atoms with E-state index in [-0.39, 0.29) is 17.9 Å². The molecule has 9 heteroatoms. The van der Waals surface area contributed by atoms with Crippen LogP contribution < -0.4 is 0 Å². The first kappa shape index (κ1) is 23.3. The number of pyridine rings is 1. The number of ketones is 1. The number of ether oxygens (including phenoxy) is 2. The number of nitriles is 1. The van der Waals surface area contributed by atoms with Gasteiger partial charge in [-0.25, -0.2) is 13.5 Å². The van der Waals surface area contributed by atoms with Gasteiger partial charge >= 0.3 is 0 Å². The number of carbonyl (C=O) groups is 1. The van der Waals surface area contributed by atoms with Crippen LogP contribution in [0.3, 0.4) is 0 Å². The van der Waals surface area contributed by atoms with Gasteiger partial charge in [0.25, 0.3) is 0 Å². The van der Waals surface area contributed by atoms with Crippen LogP contribution in [-0.4, -0.2) is 39.5 Å². The van der Waals surface area contributed by atoms with E-state index in [9.17, 15) is 18.8 Å². The van der Waals surface area contributed by atoms with E-state index in [0.717, 1.165) is 12.1 Å². The second kappa shape index (κ2) is 8.95. The van der Waals surface area contributed by atoms with Crippen LogP contribution in [0.4, 0.5) is 8.78 Å². The minimum absolute atomic E-state index is 0.0680. The molecule has 3 heterocycles. The number of hydrogen-bond donors (Lipinski definition) is 0. The van der Waals surface area contributed by atoms with Crippen molar-refractivity contribution in [3.8, 4) is 11.8 Å². The van der Waals surface area contributed by atoms with Gasteiger partial charge in [0.15, 0.2) is 17.4 Å². The number of aromatic nitrogens is 3. The SMILES string of the molecule is Cc1c(C(=O)Cc2ccc(C3(C#N)CCC4(CC3)OCCO4)nc2)cnn1-c1ccc(F)cc1F. The van der Waals surface area contributed by atoms with Gasteiger partial charge in [0.05, 0.1) is 47.8 Å². The maximum absolute atomic E-state index is 14.2. The molecule has 1 aromatic carbocycles. The molecule has 0 amide bonds. The summed E-state index contributed by atoms with van der Waals surface area (Å²) in [5, 5.41) is 14.1. The third-order valence-electron chi connectivity index (χ3n) is 7.02. The molecule has 0 atom stereocenters. The van der Waals surface area contributed by atoms with Crippen molar-refractivity contribution < 1.29 is 23.0 Å². The van der Waals surface area contributed by atoms with E-state index in [2.05, 4.69) is 16.2 Å². The second-order valence-corrected chi connectivity index (χ2v) is 9.10. The van der Waals surface area contributed by atoms with Crippen molar-refractivity contribution in [2.45, 2.75) is 50.2 Å². The number of nitrogens with zero attached hydrogens (tertiary/aromatic N) is 4. The molecule has 2 aromatic heterocycles. The Morgan fingerprint density at radius 3 is 2.49 bits per heavy atom. The van der Waals surface area contributed by atoms with E-state index in [1.54, 1.807) is 13.1 Å². The molecule has 35 heavy (non-hydrogen) atoms. The average molecular weight is 478 g/mol. The smallest absolute Gasteiger partial charge is 0.170 e. The normalized spacial score (nSPS) is 18.5. The van der Waals surface area contributed by atoms with Crippen molar-refractivity contribution in [1.29, 1.82) is 5.26 Å². The van der Waals surface area contributed by atoms with Gasteiger partial charge in [0.1, 0.15) is 11.5 Å². The lowest BCUT2D eigenvalue weighted by Crippen LogP contribution is -2.41. The Morgan fingerprint density at radius 2 is 1.86 bits per heavy atom. The van der Waals surface area contributed by atoms with Crippen molar-refractivity contribution in [2.24, 2.45) is 0 Å². The van der Waals surface area contributed by atoms with Gasteiger partial charge in [-0.05, 0) is 43.5 Å². The Labute approximate surface area is 201 Å². The van der Waals surface area contributed by atoms with Crippen LogP contribution in [0, 0.1) is 29.9 Å². The summed E-state index contributed by atoms with van der Waals surface area (Å²) in [5.41, 5.74) is 1.54. The molecule has 1 aliphatic heterocycles.